The Morgan fingerprint density at radius 2 is 2.31 bits per heavy atom. The van der Waals surface area contributed by atoms with Crippen molar-refractivity contribution in [2.45, 2.75) is 18.6 Å². The van der Waals surface area contributed by atoms with Gasteiger partial charge in [0.25, 0.3) is 0 Å². The number of carbonyl (C=O) groups is 1. The van der Waals surface area contributed by atoms with Gasteiger partial charge in [-0.15, -0.1) is 0 Å². The highest BCUT2D eigenvalue weighted by Crippen LogP contribution is 2.49. The molecule has 1 heterocycles. The summed E-state index contributed by atoms with van der Waals surface area (Å²) < 4.78 is 23.4. The van der Waals surface area contributed by atoms with Crippen molar-refractivity contribution in [2.24, 2.45) is 0 Å². The van der Waals surface area contributed by atoms with Gasteiger partial charge in [-0.1, -0.05) is 17.7 Å². The van der Waals surface area contributed by atoms with Gasteiger partial charge in [0.2, 0.25) is 0 Å². The summed E-state index contributed by atoms with van der Waals surface area (Å²) in [7, 11) is 1.26. The van der Waals surface area contributed by atoms with Gasteiger partial charge in [0.15, 0.2) is 6.10 Å². The highest BCUT2D eigenvalue weighted by Gasteiger charge is 2.61. The van der Waals surface area contributed by atoms with E-state index in [1.807, 2.05) is 0 Å². The van der Waals surface area contributed by atoms with Crippen molar-refractivity contribution in [3.63, 3.8) is 0 Å². The predicted molar refractivity (Wildman–Crippen MR) is 55.7 cm³/mol. The molecule has 2 atom stereocenters. The Morgan fingerprint density at radius 3 is 2.88 bits per heavy atom. The van der Waals surface area contributed by atoms with Gasteiger partial charge in [-0.3, -0.25) is 0 Å². The zero-order chi connectivity index (χ0) is 11.9. The molecule has 0 amide bonds. The molecule has 1 aromatic carbocycles. The van der Waals surface area contributed by atoms with Gasteiger partial charge in [0.1, 0.15) is 11.4 Å². The number of halogens is 2. The Hall–Kier alpha value is -1.13. The number of benzene rings is 1. The molecule has 0 bridgehead atoms. The van der Waals surface area contributed by atoms with Crippen molar-refractivity contribution >= 4 is 17.6 Å². The van der Waals surface area contributed by atoms with Crippen LogP contribution in [0.2, 0.25) is 5.02 Å². The van der Waals surface area contributed by atoms with Gasteiger partial charge in [0.05, 0.1) is 7.11 Å². The average Bonchev–Trinajstić information content (AvgIpc) is 2.90. The first kappa shape index (κ1) is 11.4. The normalized spacial score (nSPS) is 27.6. The highest BCUT2D eigenvalue weighted by atomic mass is 35.5. The minimum atomic E-state index is -1.02. The lowest BCUT2D eigenvalue weighted by atomic mass is 9.97. The topological polar surface area (TPSA) is 38.8 Å². The molecule has 3 nitrogen and oxygen atoms in total. The van der Waals surface area contributed by atoms with Crippen LogP contribution in [0.4, 0.5) is 4.39 Å². The fourth-order valence-corrected chi connectivity index (χ4v) is 2.10. The molecule has 0 aromatic heterocycles. The fourth-order valence-electron chi connectivity index (χ4n) is 1.75. The van der Waals surface area contributed by atoms with Crippen molar-refractivity contribution in [2.75, 3.05) is 7.11 Å². The van der Waals surface area contributed by atoms with Crippen LogP contribution in [-0.4, -0.2) is 19.2 Å². The standard InChI is InChI=1S/C11H10ClFO3/c1-11(9(16-11)10(14)15-2)8-6(12)4-3-5-7(8)13/h3-5,9H,1-2H3. The number of esters is 1. The zero-order valence-corrected chi connectivity index (χ0v) is 9.55. The number of carbonyl (C=O) groups excluding carboxylic acids is 1. The van der Waals surface area contributed by atoms with E-state index in [0.717, 1.165) is 0 Å². The molecule has 2 rings (SSSR count). The van der Waals surface area contributed by atoms with Crippen molar-refractivity contribution in [3.8, 4) is 0 Å². The van der Waals surface area contributed by atoms with Crippen molar-refractivity contribution in [3.05, 3.63) is 34.6 Å². The van der Waals surface area contributed by atoms with E-state index in [9.17, 15) is 9.18 Å². The summed E-state index contributed by atoms with van der Waals surface area (Å²) in [6.45, 7) is 1.61. The number of hydrogen-bond acceptors (Lipinski definition) is 3. The molecule has 0 aliphatic carbocycles. The van der Waals surface area contributed by atoms with E-state index in [-0.39, 0.29) is 10.6 Å². The Labute approximate surface area is 97.1 Å². The molecule has 0 N–H and O–H groups in total. The molecule has 1 fully saturated rings. The summed E-state index contributed by atoms with van der Waals surface area (Å²) in [6.07, 6.45) is -0.785. The van der Waals surface area contributed by atoms with Crippen LogP contribution in [0.1, 0.15) is 12.5 Å². The first-order valence-corrected chi connectivity index (χ1v) is 5.08. The quantitative estimate of drug-likeness (QED) is 0.592. The van der Waals surface area contributed by atoms with Crippen LogP contribution in [0.5, 0.6) is 0 Å². The van der Waals surface area contributed by atoms with Crippen LogP contribution in [0, 0.1) is 5.82 Å². The number of hydrogen-bond donors (Lipinski definition) is 0. The molecule has 1 aliphatic rings. The minimum absolute atomic E-state index is 0.201. The number of rotatable bonds is 2. The zero-order valence-electron chi connectivity index (χ0n) is 8.79. The largest absolute Gasteiger partial charge is 0.467 e. The lowest BCUT2D eigenvalue weighted by Crippen LogP contribution is -2.19. The number of methoxy groups -OCH3 is 1. The maximum atomic E-state index is 13.6. The third-order valence-electron chi connectivity index (χ3n) is 2.68. The van der Waals surface area contributed by atoms with Gasteiger partial charge in [-0.25, -0.2) is 9.18 Å². The van der Waals surface area contributed by atoms with Crippen LogP contribution in [-0.2, 0) is 19.9 Å². The molecular formula is C11H10ClFO3. The smallest absolute Gasteiger partial charge is 0.338 e. The van der Waals surface area contributed by atoms with E-state index < -0.39 is 23.5 Å². The van der Waals surface area contributed by atoms with Crippen LogP contribution in [0.3, 0.4) is 0 Å². The monoisotopic (exact) mass is 244 g/mol. The number of ether oxygens (including phenoxy) is 2. The summed E-state index contributed by atoms with van der Waals surface area (Å²) in [4.78, 5) is 11.3. The van der Waals surface area contributed by atoms with Crippen molar-refractivity contribution in [1.82, 2.24) is 0 Å². The molecular weight excluding hydrogens is 235 g/mol. The molecule has 0 radical (unpaired) electrons. The Bertz CT molecular complexity index is 429. The second-order valence-electron chi connectivity index (χ2n) is 3.72. The van der Waals surface area contributed by atoms with Gasteiger partial charge in [-0.2, -0.15) is 0 Å². The van der Waals surface area contributed by atoms with E-state index in [2.05, 4.69) is 4.74 Å². The lowest BCUT2D eigenvalue weighted by Gasteiger charge is -2.09. The molecule has 1 aliphatic heterocycles. The number of epoxide rings is 1. The summed E-state index contributed by atoms with van der Waals surface area (Å²) in [5.41, 5.74) is -0.817. The molecule has 86 valence electrons. The van der Waals surface area contributed by atoms with Crippen LogP contribution < -0.4 is 0 Å². The Balaban J connectivity index is 2.37. The second-order valence-corrected chi connectivity index (χ2v) is 4.13. The predicted octanol–water partition coefficient (Wildman–Crippen LogP) is 2.27. The van der Waals surface area contributed by atoms with E-state index >= 15 is 0 Å². The highest BCUT2D eigenvalue weighted by molar-refractivity contribution is 6.31. The van der Waals surface area contributed by atoms with Gasteiger partial charge < -0.3 is 9.47 Å². The molecule has 1 aromatic rings. The Morgan fingerprint density at radius 1 is 1.62 bits per heavy atom. The molecule has 5 heteroatoms. The van der Waals surface area contributed by atoms with Crippen LogP contribution in [0.25, 0.3) is 0 Å². The fraction of sp³-hybridized carbons (Fsp3) is 0.364. The average molecular weight is 245 g/mol. The van der Waals surface area contributed by atoms with Gasteiger partial charge >= 0.3 is 5.97 Å². The van der Waals surface area contributed by atoms with E-state index in [1.54, 1.807) is 13.0 Å². The third-order valence-corrected chi connectivity index (χ3v) is 3.00. The molecule has 2 unspecified atom stereocenters. The maximum absolute atomic E-state index is 13.6. The maximum Gasteiger partial charge on any atom is 0.338 e. The molecule has 1 saturated heterocycles. The first-order chi connectivity index (χ1) is 7.50. The summed E-state index contributed by atoms with van der Waals surface area (Å²) >= 11 is 5.90. The van der Waals surface area contributed by atoms with Crippen molar-refractivity contribution in [1.29, 1.82) is 0 Å². The van der Waals surface area contributed by atoms with Gasteiger partial charge in [-0.05, 0) is 19.1 Å². The van der Waals surface area contributed by atoms with E-state index in [4.69, 9.17) is 16.3 Å². The van der Waals surface area contributed by atoms with Crippen LogP contribution in [0.15, 0.2) is 18.2 Å². The molecule has 0 saturated carbocycles. The summed E-state index contributed by atoms with van der Waals surface area (Å²) in [5.74, 6) is -1.01. The third kappa shape index (κ3) is 1.58. The van der Waals surface area contributed by atoms with Gasteiger partial charge in [0, 0.05) is 10.6 Å². The summed E-state index contributed by atoms with van der Waals surface area (Å²) in [5, 5.41) is 0.244. The van der Waals surface area contributed by atoms with E-state index in [1.165, 1.54) is 19.2 Å². The SMILES string of the molecule is COC(=O)C1OC1(C)c1c(F)cccc1Cl. The van der Waals surface area contributed by atoms with Crippen LogP contribution >= 0.6 is 11.6 Å². The minimum Gasteiger partial charge on any atom is -0.467 e. The summed E-state index contributed by atoms with van der Waals surface area (Å²) in [6, 6.07) is 4.34. The van der Waals surface area contributed by atoms with E-state index in [0.29, 0.717) is 0 Å². The Kier molecular flexibility index (Phi) is 2.64. The van der Waals surface area contributed by atoms with Crippen molar-refractivity contribution < 1.29 is 18.7 Å². The first-order valence-electron chi connectivity index (χ1n) is 4.71. The molecule has 16 heavy (non-hydrogen) atoms. The second kappa shape index (κ2) is 3.71. The lowest BCUT2D eigenvalue weighted by molar-refractivity contribution is -0.142. The molecule has 0 spiro atoms.